The topological polar surface area (TPSA) is 121 Å². The van der Waals surface area contributed by atoms with Crippen molar-refractivity contribution in [2.75, 3.05) is 68.9 Å². The molecule has 11 nitrogen and oxygen atoms in total. The highest BCUT2D eigenvalue weighted by Gasteiger charge is 2.26. The van der Waals surface area contributed by atoms with E-state index < -0.39 is 10.0 Å². The van der Waals surface area contributed by atoms with Crippen molar-refractivity contribution in [3.63, 3.8) is 0 Å². The summed E-state index contributed by atoms with van der Waals surface area (Å²) in [6.07, 6.45) is 4.18. The molecule has 3 aromatic rings. The van der Waals surface area contributed by atoms with Crippen LogP contribution in [-0.2, 0) is 19.6 Å². The van der Waals surface area contributed by atoms with Gasteiger partial charge in [0.25, 0.3) is 0 Å². The summed E-state index contributed by atoms with van der Waals surface area (Å²) in [4.78, 5) is 29.5. The molecule has 1 unspecified atom stereocenters. The molecule has 1 N–H and O–H groups in total. The lowest BCUT2D eigenvalue weighted by molar-refractivity contribution is -0.129. The third-order valence-corrected chi connectivity index (χ3v) is 8.05. The first-order chi connectivity index (χ1) is 17.8. The summed E-state index contributed by atoms with van der Waals surface area (Å²) in [7, 11) is -3.27. The highest BCUT2D eigenvalue weighted by atomic mass is 32.2. The maximum atomic E-state index is 11.9. The molecule has 2 fully saturated rings. The highest BCUT2D eigenvalue weighted by Crippen LogP contribution is 2.28. The van der Waals surface area contributed by atoms with Crippen molar-refractivity contribution < 1.29 is 17.9 Å². The molecule has 5 rings (SSSR count). The van der Waals surface area contributed by atoms with Crippen molar-refractivity contribution in [2.24, 2.45) is 0 Å². The van der Waals surface area contributed by atoms with Crippen LogP contribution in [0.2, 0.25) is 0 Å². The predicted molar refractivity (Wildman–Crippen MR) is 142 cm³/mol. The Balaban J connectivity index is 1.33. The first-order valence-corrected chi connectivity index (χ1v) is 14.2. The zero-order valence-electron chi connectivity index (χ0n) is 21.0. The minimum atomic E-state index is -3.27. The van der Waals surface area contributed by atoms with Gasteiger partial charge in [-0.25, -0.2) is 18.4 Å². The monoisotopic (exact) mass is 525 g/mol. The van der Waals surface area contributed by atoms with E-state index in [0.29, 0.717) is 36.5 Å². The third-order valence-electron chi connectivity index (χ3n) is 6.78. The fourth-order valence-electron chi connectivity index (χ4n) is 4.69. The number of benzene rings is 1. The number of carbonyl (C=O) groups excluding carboxylic acids is 1. The van der Waals surface area contributed by atoms with E-state index in [9.17, 15) is 13.2 Å². The second kappa shape index (κ2) is 10.6. The Labute approximate surface area is 216 Å². The van der Waals surface area contributed by atoms with Gasteiger partial charge in [0.05, 0.1) is 30.2 Å². The van der Waals surface area contributed by atoms with Gasteiger partial charge in [0, 0.05) is 76.4 Å². The molecule has 37 heavy (non-hydrogen) atoms. The van der Waals surface area contributed by atoms with E-state index in [1.807, 2.05) is 23.1 Å². The van der Waals surface area contributed by atoms with Crippen LogP contribution in [0, 0.1) is 0 Å². The van der Waals surface area contributed by atoms with E-state index in [1.165, 1.54) is 10.6 Å². The van der Waals surface area contributed by atoms with Gasteiger partial charge in [-0.15, -0.1) is 0 Å². The van der Waals surface area contributed by atoms with Gasteiger partial charge in [-0.3, -0.25) is 9.78 Å². The van der Waals surface area contributed by atoms with Gasteiger partial charge < -0.3 is 19.9 Å². The number of rotatable bonds is 6. The number of morpholine rings is 1. The first kappa shape index (κ1) is 25.3. The van der Waals surface area contributed by atoms with E-state index in [4.69, 9.17) is 9.72 Å². The van der Waals surface area contributed by atoms with Gasteiger partial charge >= 0.3 is 0 Å². The average Bonchev–Trinajstić information content (AvgIpc) is 2.91. The Morgan fingerprint density at radius 2 is 1.81 bits per heavy atom. The molecule has 1 amide bonds. The number of piperazine rings is 1. The molecular weight excluding hydrogens is 494 g/mol. The number of aromatic nitrogens is 3. The van der Waals surface area contributed by atoms with Crippen LogP contribution in [0.15, 0.2) is 42.7 Å². The quantitative estimate of drug-likeness (QED) is 0.509. The van der Waals surface area contributed by atoms with Gasteiger partial charge in [0.1, 0.15) is 5.52 Å². The molecule has 2 aliphatic heterocycles. The van der Waals surface area contributed by atoms with Crippen molar-refractivity contribution >= 4 is 38.5 Å². The molecule has 2 saturated heterocycles. The number of pyridine rings is 1. The molecule has 0 radical (unpaired) electrons. The van der Waals surface area contributed by atoms with Crippen molar-refractivity contribution in [1.29, 1.82) is 0 Å². The second-order valence-corrected chi connectivity index (χ2v) is 11.3. The average molecular weight is 526 g/mol. The van der Waals surface area contributed by atoms with Gasteiger partial charge in [-0.2, -0.15) is 4.31 Å². The molecule has 2 aromatic heterocycles. The van der Waals surface area contributed by atoms with Gasteiger partial charge in [0.2, 0.25) is 15.9 Å². The van der Waals surface area contributed by atoms with E-state index in [0.717, 1.165) is 43.1 Å². The fraction of sp³-hybridized carbons (Fsp3) is 0.440. The van der Waals surface area contributed by atoms with Gasteiger partial charge in [-0.1, -0.05) is 12.1 Å². The number of sulfonamides is 1. The molecule has 196 valence electrons. The Bertz CT molecular complexity index is 1380. The molecule has 12 heteroatoms. The summed E-state index contributed by atoms with van der Waals surface area (Å²) < 4.78 is 31.1. The number of nitrogens with zero attached hydrogens (tertiary/aromatic N) is 6. The van der Waals surface area contributed by atoms with Crippen LogP contribution in [0.5, 0.6) is 0 Å². The zero-order chi connectivity index (χ0) is 26.0. The molecule has 2 aliphatic rings. The van der Waals surface area contributed by atoms with Crippen molar-refractivity contribution in [2.45, 2.75) is 13.0 Å². The van der Waals surface area contributed by atoms with E-state index in [1.54, 1.807) is 19.3 Å². The van der Waals surface area contributed by atoms with Crippen LogP contribution in [-0.4, -0.2) is 103 Å². The lowest BCUT2D eigenvalue weighted by atomic mass is 10.1. The van der Waals surface area contributed by atoms with Crippen molar-refractivity contribution in [3.05, 3.63) is 42.7 Å². The van der Waals surface area contributed by atoms with Crippen LogP contribution in [0.4, 0.5) is 11.5 Å². The number of hydrogen-bond acceptors (Lipinski definition) is 9. The second-order valence-electron chi connectivity index (χ2n) is 9.31. The van der Waals surface area contributed by atoms with E-state index in [2.05, 4.69) is 32.3 Å². The lowest BCUT2D eigenvalue weighted by Crippen LogP contribution is -2.48. The maximum absolute atomic E-state index is 11.9. The van der Waals surface area contributed by atoms with Crippen molar-refractivity contribution in [1.82, 2.24) is 24.2 Å². The highest BCUT2D eigenvalue weighted by molar-refractivity contribution is 7.88. The summed E-state index contributed by atoms with van der Waals surface area (Å²) >= 11 is 0. The minimum absolute atomic E-state index is 0.118. The number of nitrogens with one attached hydrogen (secondary N) is 1. The third kappa shape index (κ3) is 5.81. The molecular formula is C25H31N7O4S. The normalized spacial score (nSPS) is 19.2. The fourth-order valence-corrected chi connectivity index (χ4v) is 5.54. The number of anilines is 2. The van der Waals surface area contributed by atoms with E-state index >= 15 is 0 Å². The Kier molecular flexibility index (Phi) is 7.22. The van der Waals surface area contributed by atoms with Crippen LogP contribution < -0.4 is 10.2 Å². The number of carbonyl (C=O) groups is 1. The van der Waals surface area contributed by atoms with Gasteiger partial charge in [-0.05, 0) is 18.2 Å². The van der Waals surface area contributed by atoms with Crippen LogP contribution >= 0.6 is 0 Å². The SMILES string of the molecule is CC(=O)N1CCN(c2ccc(-c3cc4nccnc4c(NCC4CN(S(C)(=O)=O)CCO4)n3)cc2)CC1. The largest absolute Gasteiger partial charge is 0.374 e. The Morgan fingerprint density at radius 3 is 2.51 bits per heavy atom. The van der Waals surface area contributed by atoms with Gasteiger partial charge in [0.15, 0.2) is 5.82 Å². The predicted octanol–water partition coefficient (Wildman–Crippen LogP) is 1.43. The smallest absolute Gasteiger partial charge is 0.219 e. The number of hydrogen-bond donors (Lipinski definition) is 1. The molecule has 0 aliphatic carbocycles. The minimum Gasteiger partial charge on any atom is -0.374 e. The summed E-state index contributed by atoms with van der Waals surface area (Å²) in [6.45, 7) is 6.06. The standard InChI is InChI=1S/C25H31N7O4S/c1-18(33)30-9-11-31(12-10-30)20-5-3-19(4-6-20)22-15-23-24(27-8-7-26-23)25(29-22)28-16-21-17-32(13-14-36-21)37(2,34)35/h3-8,15,21H,9-14,16-17H2,1-2H3,(H,28,29). The van der Waals surface area contributed by atoms with E-state index in [-0.39, 0.29) is 18.6 Å². The number of ether oxygens (including phenoxy) is 1. The molecule has 0 saturated carbocycles. The zero-order valence-corrected chi connectivity index (χ0v) is 21.8. The Hall–Kier alpha value is -3.35. The number of fused-ring (bicyclic) bond motifs is 1. The van der Waals surface area contributed by atoms with Crippen molar-refractivity contribution in [3.8, 4) is 11.3 Å². The Morgan fingerprint density at radius 1 is 1.08 bits per heavy atom. The maximum Gasteiger partial charge on any atom is 0.219 e. The van der Waals surface area contributed by atoms with Crippen LogP contribution in [0.3, 0.4) is 0 Å². The van der Waals surface area contributed by atoms with Crippen LogP contribution in [0.1, 0.15) is 6.92 Å². The summed E-state index contributed by atoms with van der Waals surface area (Å²) in [6, 6.07) is 10.1. The summed E-state index contributed by atoms with van der Waals surface area (Å²) in [5, 5.41) is 3.32. The lowest BCUT2D eigenvalue weighted by Gasteiger charge is -2.35. The molecule has 1 atom stereocenters. The summed E-state index contributed by atoms with van der Waals surface area (Å²) in [5.74, 6) is 0.692. The molecule has 0 bridgehead atoms. The molecule has 4 heterocycles. The molecule has 1 aromatic carbocycles. The number of amides is 1. The van der Waals surface area contributed by atoms with Crippen LogP contribution in [0.25, 0.3) is 22.3 Å². The molecule has 0 spiro atoms. The first-order valence-electron chi connectivity index (χ1n) is 12.3. The summed E-state index contributed by atoms with van der Waals surface area (Å²) in [5.41, 5.74) is 4.16.